The van der Waals surface area contributed by atoms with Crippen molar-refractivity contribution in [2.24, 2.45) is 21.1 Å². The maximum absolute atomic E-state index is 11.9. The summed E-state index contributed by atoms with van der Waals surface area (Å²) < 4.78 is 6.11. The van der Waals surface area contributed by atoms with Crippen LogP contribution in [0.3, 0.4) is 0 Å². The Balaban J connectivity index is 0.000000136. The molecule has 3 aromatic carbocycles. The van der Waals surface area contributed by atoms with Gasteiger partial charge >= 0.3 is 18.1 Å². The Morgan fingerprint density at radius 3 is 0.933 bits per heavy atom. The highest BCUT2D eigenvalue weighted by Crippen LogP contribution is 2.22. The summed E-state index contributed by atoms with van der Waals surface area (Å²) in [6.07, 6.45) is 15.7. The Kier molecular flexibility index (Phi) is 12.4. The molecular formula is C45H42N12O3. The fourth-order valence-corrected chi connectivity index (χ4v) is 6.27. The Morgan fingerprint density at radius 1 is 0.383 bits per heavy atom. The predicted octanol–water partition coefficient (Wildman–Crippen LogP) is 9.65. The zero-order valence-corrected chi connectivity index (χ0v) is 33.0. The van der Waals surface area contributed by atoms with E-state index in [0.717, 1.165) is 49.8 Å². The molecule has 6 N–H and O–H groups in total. The van der Waals surface area contributed by atoms with E-state index in [2.05, 4.69) is 46.9 Å². The smallest absolute Gasteiger partial charge is 0.323 e. The Labute approximate surface area is 345 Å². The summed E-state index contributed by atoms with van der Waals surface area (Å²) in [5, 5.41) is 19.9. The number of aromatic nitrogens is 6. The van der Waals surface area contributed by atoms with E-state index in [-0.39, 0.29) is 18.1 Å². The van der Waals surface area contributed by atoms with Crippen LogP contribution in [0.2, 0.25) is 0 Å². The van der Waals surface area contributed by atoms with Crippen LogP contribution in [0.4, 0.5) is 48.5 Å². The second-order valence-corrected chi connectivity index (χ2v) is 13.6. The molecule has 0 spiro atoms. The van der Waals surface area contributed by atoms with Crippen molar-refractivity contribution in [3.8, 4) is 0 Å². The minimum absolute atomic E-state index is 0.284. The molecule has 6 aromatic heterocycles. The largest absolute Gasteiger partial charge is 0.351 e. The zero-order valence-electron chi connectivity index (χ0n) is 33.0. The van der Waals surface area contributed by atoms with Gasteiger partial charge in [0.1, 0.15) is 0 Å². The summed E-state index contributed by atoms with van der Waals surface area (Å²) in [7, 11) is 5.97. The fourth-order valence-electron chi connectivity index (χ4n) is 6.27. The normalized spacial score (nSPS) is 10.4. The molecule has 9 aromatic rings. The number of pyridine rings is 3. The maximum atomic E-state index is 11.9. The molecule has 0 unspecified atom stereocenters. The molecule has 6 amide bonds. The van der Waals surface area contributed by atoms with Crippen LogP contribution in [0.5, 0.6) is 0 Å². The Hall–Kier alpha value is -8.46. The zero-order chi connectivity index (χ0) is 41.8. The predicted molar refractivity (Wildman–Crippen MR) is 239 cm³/mol. The summed E-state index contributed by atoms with van der Waals surface area (Å²) in [5.41, 5.74) is 7.62. The van der Waals surface area contributed by atoms with Crippen LogP contribution in [-0.2, 0) is 21.1 Å². The fraction of sp³-hybridized carbons (Fsp3) is 0.0667. The van der Waals surface area contributed by atoms with Gasteiger partial charge in [0.05, 0.1) is 35.7 Å². The number of fused-ring (bicyclic) bond motifs is 3. The third-order valence-corrected chi connectivity index (χ3v) is 9.19. The second-order valence-electron chi connectivity index (χ2n) is 13.6. The first-order chi connectivity index (χ1) is 29.2. The van der Waals surface area contributed by atoms with E-state index in [1.165, 1.54) is 0 Å². The van der Waals surface area contributed by atoms with Crippen molar-refractivity contribution in [2.45, 2.75) is 0 Å². The lowest BCUT2D eigenvalue weighted by Crippen LogP contribution is -2.19. The summed E-state index contributed by atoms with van der Waals surface area (Å²) in [6.45, 7) is 0. The number of aryl methyl sites for hydroxylation is 3. The van der Waals surface area contributed by atoms with E-state index in [0.29, 0.717) is 17.1 Å². The SMILES string of the molecule is Cn1ccc2cc(NC(=O)Nc3cccnc3)ccc21.Cn1ccc2cc(NC(=O)Nc3cccnc3)ccc21.Cn1ccc2cc(NC(=O)Nc3cccnc3)ccc21. The number of carbonyl (C=O) groups is 3. The number of hydrogen-bond acceptors (Lipinski definition) is 6. The molecular weight excluding hydrogens is 757 g/mol. The highest BCUT2D eigenvalue weighted by atomic mass is 16.2. The summed E-state index contributed by atoms with van der Waals surface area (Å²) >= 11 is 0. The molecule has 60 heavy (non-hydrogen) atoms. The number of nitrogens with one attached hydrogen (secondary N) is 6. The molecule has 0 fully saturated rings. The van der Waals surface area contributed by atoms with E-state index in [1.807, 2.05) is 126 Å². The maximum Gasteiger partial charge on any atom is 0.323 e. The molecule has 0 aliphatic rings. The van der Waals surface area contributed by atoms with Crippen LogP contribution >= 0.6 is 0 Å². The topological polar surface area (TPSA) is 177 Å². The number of anilines is 6. The van der Waals surface area contributed by atoms with E-state index >= 15 is 0 Å². The molecule has 0 bridgehead atoms. The average molecular weight is 799 g/mol. The van der Waals surface area contributed by atoms with Crippen molar-refractivity contribution in [3.63, 3.8) is 0 Å². The van der Waals surface area contributed by atoms with E-state index in [1.54, 1.807) is 73.6 Å². The number of rotatable bonds is 6. The van der Waals surface area contributed by atoms with Gasteiger partial charge in [-0.25, -0.2) is 14.4 Å². The van der Waals surface area contributed by atoms with Gasteiger partial charge in [-0.05, 0) is 109 Å². The van der Waals surface area contributed by atoms with E-state index in [4.69, 9.17) is 0 Å². The molecule has 0 saturated carbocycles. The molecule has 15 nitrogen and oxygen atoms in total. The minimum atomic E-state index is -0.284. The number of hydrogen-bond donors (Lipinski definition) is 6. The molecule has 0 radical (unpaired) electrons. The highest BCUT2D eigenvalue weighted by Gasteiger charge is 2.07. The van der Waals surface area contributed by atoms with Crippen LogP contribution in [0.1, 0.15) is 0 Å². The number of nitrogens with zero attached hydrogens (tertiary/aromatic N) is 6. The molecule has 300 valence electrons. The van der Waals surface area contributed by atoms with Gasteiger partial charge in [-0.2, -0.15) is 0 Å². The average Bonchev–Trinajstić information content (AvgIpc) is 3.94. The minimum Gasteiger partial charge on any atom is -0.351 e. The van der Waals surface area contributed by atoms with Crippen LogP contribution < -0.4 is 31.9 Å². The lowest BCUT2D eigenvalue weighted by molar-refractivity contribution is 0.261. The van der Waals surface area contributed by atoms with Gasteiger partial charge in [-0.15, -0.1) is 0 Å². The number of carbonyl (C=O) groups excluding carboxylic acids is 3. The number of benzene rings is 3. The first kappa shape index (κ1) is 39.8. The number of amides is 6. The molecule has 0 aliphatic carbocycles. The van der Waals surface area contributed by atoms with Crippen molar-refractivity contribution in [1.82, 2.24) is 28.7 Å². The highest BCUT2D eigenvalue weighted by molar-refractivity contribution is 6.02. The van der Waals surface area contributed by atoms with Crippen LogP contribution in [0, 0.1) is 0 Å². The Bertz CT molecular complexity index is 2560. The molecule has 9 rings (SSSR count). The van der Waals surface area contributed by atoms with Gasteiger partial charge in [0.15, 0.2) is 0 Å². The van der Waals surface area contributed by atoms with Crippen molar-refractivity contribution >= 4 is 84.9 Å². The van der Waals surface area contributed by atoms with E-state index in [9.17, 15) is 14.4 Å². The first-order valence-electron chi connectivity index (χ1n) is 18.8. The third kappa shape index (κ3) is 10.5. The molecule has 0 aliphatic heterocycles. The van der Waals surface area contributed by atoms with Gasteiger partial charge in [-0.1, -0.05) is 0 Å². The second kappa shape index (κ2) is 18.7. The summed E-state index contributed by atoms with van der Waals surface area (Å²) in [4.78, 5) is 47.4. The summed E-state index contributed by atoms with van der Waals surface area (Å²) in [6, 6.07) is 33.3. The summed E-state index contributed by atoms with van der Waals surface area (Å²) in [5.74, 6) is 0. The van der Waals surface area contributed by atoms with Crippen molar-refractivity contribution in [2.75, 3.05) is 31.9 Å². The molecule has 15 heteroatoms. The third-order valence-electron chi connectivity index (χ3n) is 9.19. The van der Waals surface area contributed by atoms with Gasteiger partial charge in [0.25, 0.3) is 0 Å². The molecule has 0 saturated heterocycles. The monoisotopic (exact) mass is 798 g/mol. The molecule has 0 atom stereocenters. The molecule has 6 heterocycles. The van der Waals surface area contributed by atoms with Gasteiger partial charge in [0, 0.05) is 108 Å². The van der Waals surface area contributed by atoms with Gasteiger partial charge < -0.3 is 45.6 Å². The first-order valence-corrected chi connectivity index (χ1v) is 18.8. The number of urea groups is 3. The van der Waals surface area contributed by atoms with Crippen molar-refractivity contribution in [3.05, 3.63) is 165 Å². The quantitative estimate of drug-likeness (QED) is 0.0976. The van der Waals surface area contributed by atoms with Gasteiger partial charge in [0.2, 0.25) is 0 Å². The van der Waals surface area contributed by atoms with Gasteiger partial charge in [-0.3, -0.25) is 15.0 Å². The van der Waals surface area contributed by atoms with Crippen LogP contribution in [0.25, 0.3) is 32.7 Å². The van der Waals surface area contributed by atoms with Crippen molar-refractivity contribution < 1.29 is 14.4 Å². The van der Waals surface area contributed by atoms with Crippen molar-refractivity contribution in [1.29, 1.82) is 0 Å². The Morgan fingerprint density at radius 2 is 0.667 bits per heavy atom. The van der Waals surface area contributed by atoms with Crippen LogP contribution in [-0.4, -0.2) is 46.7 Å². The standard InChI is InChI=1S/3C15H14N4O/c3*1-19-8-6-11-9-12(4-5-14(11)19)17-15(20)18-13-3-2-7-16-10-13/h3*2-10H,1H3,(H2,17,18,20). The van der Waals surface area contributed by atoms with E-state index < -0.39 is 0 Å². The lowest BCUT2D eigenvalue weighted by Gasteiger charge is -2.07. The lowest BCUT2D eigenvalue weighted by atomic mass is 10.2. The van der Waals surface area contributed by atoms with Crippen LogP contribution in [0.15, 0.2) is 165 Å².